The summed E-state index contributed by atoms with van der Waals surface area (Å²) in [7, 11) is 3.78. The van der Waals surface area contributed by atoms with Crippen LogP contribution in [0, 0.1) is 0 Å². The van der Waals surface area contributed by atoms with Crippen LogP contribution in [0.15, 0.2) is 0 Å². The smallest absolute Gasteiger partial charge is 0.322 e. The van der Waals surface area contributed by atoms with Crippen LogP contribution >= 0.6 is 0 Å². The van der Waals surface area contributed by atoms with Crippen molar-refractivity contribution in [3.8, 4) is 0 Å². The number of carboxylic acid groups (broad SMARTS) is 1. The Bertz CT molecular complexity index is 306. The standard InChI is InChI=1S/C10H20N4O4/c1-7(14(2)3)4-12-10(18)13-5-8(15)11-6-9(16)17/h7H,4-6H2,1-3H3,(H,11,15)(H,16,17)(H2,12,13,18). The van der Waals surface area contributed by atoms with Crippen molar-refractivity contribution in [1.29, 1.82) is 0 Å². The Morgan fingerprint density at radius 3 is 2.22 bits per heavy atom. The largest absolute Gasteiger partial charge is 0.480 e. The maximum Gasteiger partial charge on any atom is 0.322 e. The molecule has 0 heterocycles. The molecule has 0 fully saturated rings. The number of hydrogen-bond donors (Lipinski definition) is 4. The van der Waals surface area contributed by atoms with Crippen molar-refractivity contribution < 1.29 is 19.5 Å². The van der Waals surface area contributed by atoms with Crippen LogP contribution in [0.3, 0.4) is 0 Å². The number of amides is 3. The predicted octanol–water partition coefficient (Wildman–Crippen LogP) is -1.56. The summed E-state index contributed by atoms with van der Waals surface area (Å²) < 4.78 is 0. The minimum atomic E-state index is -1.13. The topological polar surface area (TPSA) is 111 Å². The van der Waals surface area contributed by atoms with Crippen LogP contribution in [0.4, 0.5) is 4.79 Å². The Morgan fingerprint density at radius 1 is 1.11 bits per heavy atom. The lowest BCUT2D eigenvalue weighted by atomic mass is 10.3. The fourth-order valence-electron chi connectivity index (χ4n) is 0.883. The van der Waals surface area contributed by atoms with Gasteiger partial charge in [0.05, 0.1) is 6.54 Å². The lowest BCUT2D eigenvalue weighted by molar-refractivity contribution is -0.137. The van der Waals surface area contributed by atoms with Crippen LogP contribution in [0.25, 0.3) is 0 Å². The van der Waals surface area contributed by atoms with E-state index in [-0.39, 0.29) is 12.6 Å². The van der Waals surface area contributed by atoms with Crippen molar-refractivity contribution in [2.45, 2.75) is 13.0 Å². The molecule has 8 nitrogen and oxygen atoms in total. The van der Waals surface area contributed by atoms with Gasteiger partial charge in [0, 0.05) is 12.6 Å². The maximum absolute atomic E-state index is 11.3. The molecule has 8 heteroatoms. The van der Waals surface area contributed by atoms with Gasteiger partial charge in [-0.1, -0.05) is 0 Å². The average molecular weight is 260 g/mol. The van der Waals surface area contributed by atoms with Crippen molar-refractivity contribution in [3.05, 3.63) is 0 Å². The molecule has 0 radical (unpaired) electrons. The number of carbonyl (C=O) groups excluding carboxylic acids is 2. The van der Waals surface area contributed by atoms with E-state index in [1.54, 1.807) is 0 Å². The van der Waals surface area contributed by atoms with Crippen molar-refractivity contribution in [2.75, 3.05) is 33.7 Å². The highest BCUT2D eigenvalue weighted by Gasteiger charge is 2.08. The van der Waals surface area contributed by atoms with Crippen molar-refractivity contribution >= 4 is 17.9 Å². The van der Waals surface area contributed by atoms with Crippen LogP contribution in [0.2, 0.25) is 0 Å². The molecular formula is C10H20N4O4. The number of nitrogens with zero attached hydrogens (tertiary/aromatic N) is 1. The molecular weight excluding hydrogens is 240 g/mol. The van der Waals surface area contributed by atoms with Gasteiger partial charge >= 0.3 is 12.0 Å². The monoisotopic (exact) mass is 260 g/mol. The summed E-state index contributed by atoms with van der Waals surface area (Å²) in [5, 5.41) is 15.4. The lowest BCUT2D eigenvalue weighted by Gasteiger charge is -2.19. The molecule has 1 unspecified atom stereocenters. The van der Waals surface area contributed by atoms with E-state index in [1.165, 1.54) is 0 Å². The van der Waals surface area contributed by atoms with Crippen LogP contribution in [0.5, 0.6) is 0 Å². The van der Waals surface area contributed by atoms with Crippen molar-refractivity contribution in [3.63, 3.8) is 0 Å². The van der Waals surface area contributed by atoms with Gasteiger partial charge in [-0.3, -0.25) is 9.59 Å². The third kappa shape index (κ3) is 8.34. The summed E-state index contributed by atoms with van der Waals surface area (Å²) in [5.74, 6) is -1.68. The number of aliphatic carboxylic acids is 1. The van der Waals surface area contributed by atoms with E-state index in [2.05, 4.69) is 16.0 Å². The summed E-state index contributed by atoms with van der Waals surface area (Å²) in [4.78, 5) is 34.5. The second-order valence-corrected chi connectivity index (χ2v) is 4.05. The molecule has 0 spiro atoms. The Hall–Kier alpha value is -1.83. The molecule has 0 aromatic heterocycles. The predicted molar refractivity (Wildman–Crippen MR) is 65.2 cm³/mol. The van der Waals surface area contributed by atoms with Gasteiger partial charge in [0.15, 0.2) is 0 Å². The Balaban J connectivity index is 3.70. The first-order valence-electron chi connectivity index (χ1n) is 5.49. The second-order valence-electron chi connectivity index (χ2n) is 4.05. The molecule has 0 aromatic rings. The van der Waals surface area contributed by atoms with Crippen LogP contribution in [0.1, 0.15) is 6.92 Å². The third-order valence-corrected chi connectivity index (χ3v) is 2.29. The van der Waals surface area contributed by atoms with Gasteiger partial charge in [0.1, 0.15) is 6.54 Å². The van der Waals surface area contributed by atoms with E-state index in [9.17, 15) is 14.4 Å². The number of carbonyl (C=O) groups is 3. The maximum atomic E-state index is 11.3. The first-order valence-corrected chi connectivity index (χ1v) is 5.49. The van der Waals surface area contributed by atoms with E-state index in [1.807, 2.05) is 25.9 Å². The Morgan fingerprint density at radius 2 is 1.72 bits per heavy atom. The highest BCUT2D eigenvalue weighted by Crippen LogP contribution is 1.87. The van der Waals surface area contributed by atoms with E-state index < -0.39 is 24.5 Å². The minimum Gasteiger partial charge on any atom is -0.480 e. The van der Waals surface area contributed by atoms with E-state index in [0.29, 0.717) is 6.54 Å². The molecule has 0 aliphatic rings. The second kappa shape index (κ2) is 8.29. The van der Waals surface area contributed by atoms with Gasteiger partial charge in [-0.2, -0.15) is 0 Å². The molecule has 104 valence electrons. The minimum absolute atomic E-state index is 0.177. The van der Waals surface area contributed by atoms with E-state index in [4.69, 9.17) is 5.11 Å². The molecule has 3 amide bonds. The normalized spacial score (nSPS) is 11.8. The zero-order valence-electron chi connectivity index (χ0n) is 10.8. The molecule has 0 aromatic carbocycles. The van der Waals surface area contributed by atoms with Crippen LogP contribution in [-0.2, 0) is 9.59 Å². The molecule has 0 bridgehead atoms. The number of nitrogens with one attached hydrogen (secondary N) is 3. The summed E-state index contributed by atoms with van der Waals surface area (Å²) in [6.45, 7) is 1.69. The average Bonchev–Trinajstić information content (AvgIpc) is 2.30. The van der Waals surface area contributed by atoms with Crippen molar-refractivity contribution in [1.82, 2.24) is 20.9 Å². The molecule has 0 rings (SSSR count). The Kier molecular flexibility index (Phi) is 7.45. The van der Waals surface area contributed by atoms with Gasteiger partial charge in [0.2, 0.25) is 5.91 Å². The zero-order chi connectivity index (χ0) is 14.1. The first kappa shape index (κ1) is 16.2. The van der Waals surface area contributed by atoms with Crippen LogP contribution in [-0.4, -0.2) is 67.7 Å². The first-order chi connectivity index (χ1) is 8.32. The molecule has 0 aliphatic carbocycles. The van der Waals surface area contributed by atoms with E-state index in [0.717, 1.165) is 0 Å². The van der Waals surface area contributed by atoms with Crippen molar-refractivity contribution in [2.24, 2.45) is 0 Å². The molecule has 0 saturated carbocycles. The van der Waals surface area contributed by atoms with Gasteiger partial charge < -0.3 is 26.0 Å². The molecule has 4 N–H and O–H groups in total. The number of urea groups is 1. The summed E-state index contributed by atoms with van der Waals surface area (Å²) in [5.41, 5.74) is 0. The number of likely N-dealkylation sites (N-methyl/N-ethyl adjacent to an activating group) is 1. The third-order valence-electron chi connectivity index (χ3n) is 2.29. The highest BCUT2D eigenvalue weighted by molar-refractivity contribution is 5.86. The highest BCUT2D eigenvalue weighted by atomic mass is 16.4. The summed E-state index contributed by atoms with van der Waals surface area (Å²) in [6.07, 6.45) is 0. The molecule has 18 heavy (non-hydrogen) atoms. The van der Waals surface area contributed by atoms with Gasteiger partial charge in [-0.05, 0) is 21.0 Å². The molecule has 0 aliphatic heterocycles. The summed E-state index contributed by atoms with van der Waals surface area (Å²) >= 11 is 0. The van der Waals surface area contributed by atoms with Crippen LogP contribution < -0.4 is 16.0 Å². The quantitative estimate of drug-likeness (QED) is 0.442. The number of hydrogen-bond acceptors (Lipinski definition) is 4. The zero-order valence-corrected chi connectivity index (χ0v) is 10.8. The number of rotatable bonds is 7. The van der Waals surface area contributed by atoms with Gasteiger partial charge in [-0.15, -0.1) is 0 Å². The van der Waals surface area contributed by atoms with Gasteiger partial charge in [-0.25, -0.2) is 4.79 Å². The molecule has 1 atom stereocenters. The fourth-order valence-corrected chi connectivity index (χ4v) is 0.883. The fraction of sp³-hybridized carbons (Fsp3) is 0.700. The van der Waals surface area contributed by atoms with Gasteiger partial charge in [0.25, 0.3) is 0 Å². The SMILES string of the molecule is CC(CNC(=O)NCC(=O)NCC(=O)O)N(C)C. The molecule has 0 saturated heterocycles. The number of carboxylic acids is 1. The Labute approximate surface area is 106 Å². The lowest BCUT2D eigenvalue weighted by Crippen LogP contribution is -2.46. The summed E-state index contributed by atoms with van der Waals surface area (Å²) in [6, 6.07) is -0.286. The van der Waals surface area contributed by atoms with E-state index >= 15 is 0 Å².